The van der Waals surface area contributed by atoms with Crippen molar-refractivity contribution in [3.63, 3.8) is 0 Å². The van der Waals surface area contributed by atoms with Gasteiger partial charge < -0.3 is 18.5 Å². The number of nitro groups is 1. The van der Waals surface area contributed by atoms with E-state index in [9.17, 15) is 19.7 Å². The number of furan rings is 1. The van der Waals surface area contributed by atoms with Gasteiger partial charge in [0.15, 0.2) is 6.61 Å². The fraction of sp³-hybridized carbons (Fsp3) is 0.263. The summed E-state index contributed by atoms with van der Waals surface area (Å²) >= 11 is 0. The largest absolute Gasteiger partial charge is 0.467 e. The quantitative estimate of drug-likeness (QED) is 0.324. The summed E-state index contributed by atoms with van der Waals surface area (Å²) in [6.45, 7) is 0.315. The minimum atomic E-state index is -0.579. The minimum absolute atomic E-state index is 0.0559. The second kappa shape index (κ2) is 8.15. The molecular weight excluding hydrogens is 396 g/mol. The van der Waals surface area contributed by atoms with Crippen molar-refractivity contribution in [1.29, 1.82) is 0 Å². The van der Waals surface area contributed by atoms with Crippen molar-refractivity contribution in [3.8, 4) is 11.5 Å². The molecule has 0 N–H and O–H groups in total. The molecule has 1 aliphatic heterocycles. The van der Waals surface area contributed by atoms with E-state index in [1.54, 1.807) is 17.0 Å². The Morgan fingerprint density at radius 1 is 1.27 bits per heavy atom. The number of esters is 1. The highest BCUT2D eigenvalue weighted by Gasteiger charge is 2.35. The van der Waals surface area contributed by atoms with E-state index in [1.165, 1.54) is 30.5 Å². The smallest absolute Gasteiger partial charge is 0.311 e. The van der Waals surface area contributed by atoms with E-state index >= 15 is 0 Å². The van der Waals surface area contributed by atoms with Crippen molar-refractivity contribution in [2.45, 2.75) is 19.6 Å². The first-order chi connectivity index (χ1) is 14.5. The van der Waals surface area contributed by atoms with Crippen molar-refractivity contribution in [3.05, 3.63) is 64.4 Å². The Morgan fingerprint density at radius 2 is 2.07 bits per heavy atom. The van der Waals surface area contributed by atoms with E-state index in [4.69, 9.17) is 13.6 Å². The number of aromatic nitrogens is 2. The molecule has 3 aromatic rings. The van der Waals surface area contributed by atoms with Gasteiger partial charge in [-0.15, -0.1) is 10.2 Å². The molecule has 11 heteroatoms. The molecular formula is C19H16N4O7. The third kappa shape index (κ3) is 4.19. The number of carbonyl (C=O) groups excluding carboxylic acids is 2. The van der Waals surface area contributed by atoms with Gasteiger partial charge in [-0.2, -0.15) is 0 Å². The first kappa shape index (κ1) is 19.3. The van der Waals surface area contributed by atoms with Crippen LogP contribution in [0.5, 0.6) is 0 Å². The fourth-order valence-corrected chi connectivity index (χ4v) is 3.08. The molecule has 1 saturated heterocycles. The second-order valence-corrected chi connectivity index (χ2v) is 6.67. The van der Waals surface area contributed by atoms with Crippen LogP contribution in [-0.4, -0.2) is 38.4 Å². The lowest BCUT2D eigenvalue weighted by atomic mass is 10.1. The molecule has 0 bridgehead atoms. The summed E-state index contributed by atoms with van der Waals surface area (Å²) < 4.78 is 15.9. The lowest BCUT2D eigenvalue weighted by Gasteiger charge is -2.14. The molecule has 0 saturated carbocycles. The zero-order valence-corrected chi connectivity index (χ0v) is 15.6. The van der Waals surface area contributed by atoms with E-state index in [0.29, 0.717) is 17.9 Å². The third-order valence-electron chi connectivity index (χ3n) is 4.60. The maximum Gasteiger partial charge on any atom is 0.311 e. The molecule has 1 aromatic carbocycles. The maximum absolute atomic E-state index is 12.3. The molecule has 3 heterocycles. The molecule has 1 aliphatic rings. The second-order valence-electron chi connectivity index (χ2n) is 6.67. The van der Waals surface area contributed by atoms with Crippen molar-refractivity contribution in [1.82, 2.24) is 15.1 Å². The van der Waals surface area contributed by atoms with Gasteiger partial charge in [-0.05, 0) is 24.3 Å². The zero-order chi connectivity index (χ0) is 21.1. The molecule has 1 amide bonds. The predicted octanol–water partition coefficient (Wildman–Crippen LogP) is 2.33. The van der Waals surface area contributed by atoms with Gasteiger partial charge in [-0.3, -0.25) is 19.7 Å². The first-order valence-electron chi connectivity index (χ1n) is 9.03. The van der Waals surface area contributed by atoms with Gasteiger partial charge in [0.2, 0.25) is 11.8 Å². The number of ether oxygens (including phenoxy) is 1. The third-order valence-corrected chi connectivity index (χ3v) is 4.60. The van der Waals surface area contributed by atoms with Crippen LogP contribution in [0.15, 0.2) is 51.5 Å². The Kier molecular flexibility index (Phi) is 5.24. The average Bonchev–Trinajstić information content (AvgIpc) is 3.49. The molecule has 0 unspecified atom stereocenters. The van der Waals surface area contributed by atoms with E-state index in [1.807, 2.05) is 0 Å². The van der Waals surface area contributed by atoms with Crippen molar-refractivity contribution >= 4 is 17.6 Å². The lowest BCUT2D eigenvalue weighted by molar-refractivity contribution is -0.384. The molecule has 30 heavy (non-hydrogen) atoms. The topological polar surface area (TPSA) is 142 Å². The average molecular weight is 412 g/mol. The summed E-state index contributed by atoms with van der Waals surface area (Å²) in [4.78, 5) is 36.2. The van der Waals surface area contributed by atoms with Crippen LogP contribution >= 0.6 is 0 Å². The van der Waals surface area contributed by atoms with Gasteiger partial charge in [0, 0.05) is 30.7 Å². The summed E-state index contributed by atoms with van der Waals surface area (Å²) in [7, 11) is 0. The van der Waals surface area contributed by atoms with Crippen LogP contribution in [0.3, 0.4) is 0 Å². The number of nitrogens with zero attached hydrogens (tertiary/aromatic N) is 4. The van der Waals surface area contributed by atoms with Gasteiger partial charge in [-0.25, -0.2) is 0 Å². The highest BCUT2D eigenvalue weighted by molar-refractivity contribution is 5.86. The number of hydrogen-bond donors (Lipinski definition) is 0. The number of benzene rings is 1. The minimum Gasteiger partial charge on any atom is -0.467 e. The Hall–Kier alpha value is -4.02. The van der Waals surface area contributed by atoms with Crippen molar-refractivity contribution < 1.29 is 28.1 Å². The number of amides is 1. The highest BCUT2D eigenvalue weighted by atomic mass is 16.6. The molecule has 4 rings (SSSR count). The van der Waals surface area contributed by atoms with Crippen LogP contribution in [0, 0.1) is 16.0 Å². The lowest BCUT2D eigenvalue weighted by Crippen LogP contribution is -2.26. The van der Waals surface area contributed by atoms with E-state index in [0.717, 1.165) is 0 Å². The van der Waals surface area contributed by atoms with Gasteiger partial charge in [0.1, 0.15) is 5.76 Å². The first-order valence-corrected chi connectivity index (χ1v) is 9.03. The summed E-state index contributed by atoms with van der Waals surface area (Å²) in [6, 6.07) is 9.11. The fourth-order valence-electron chi connectivity index (χ4n) is 3.08. The van der Waals surface area contributed by atoms with Gasteiger partial charge in [0.05, 0.1) is 23.6 Å². The molecule has 1 atom stereocenters. The number of hydrogen-bond acceptors (Lipinski definition) is 9. The number of non-ortho nitro benzene ring substituents is 1. The molecule has 0 radical (unpaired) electrons. The molecule has 0 aliphatic carbocycles. The van der Waals surface area contributed by atoms with Crippen molar-refractivity contribution in [2.24, 2.45) is 5.92 Å². The Morgan fingerprint density at radius 3 is 2.77 bits per heavy atom. The van der Waals surface area contributed by atoms with Crippen LogP contribution < -0.4 is 0 Å². The van der Waals surface area contributed by atoms with Crippen molar-refractivity contribution in [2.75, 3.05) is 6.54 Å². The standard InChI is InChI=1S/C19H16N4O7/c24-17-8-13(9-22(17)10-15-2-1-7-28-15)19(25)29-11-16-20-21-18(30-16)12-3-5-14(6-4-12)23(26)27/h1-7,13H,8-11H2/t13-/m0/s1. The molecule has 1 fully saturated rings. The SMILES string of the molecule is O=C(OCc1nnc(-c2ccc([N+](=O)[O-])cc2)o1)[C@H]1CC(=O)N(Cc2ccco2)C1. The summed E-state index contributed by atoms with van der Waals surface area (Å²) in [5.74, 6) is -0.386. The summed E-state index contributed by atoms with van der Waals surface area (Å²) in [6.07, 6.45) is 1.59. The maximum atomic E-state index is 12.3. The van der Waals surface area contributed by atoms with E-state index < -0.39 is 16.8 Å². The molecule has 11 nitrogen and oxygen atoms in total. The van der Waals surface area contributed by atoms with Crippen LogP contribution in [0.2, 0.25) is 0 Å². The Bertz CT molecular complexity index is 1060. The highest BCUT2D eigenvalue weighted by Crippen LogP contribution is 2.23. The number of likely N-dealkylation sites (tertiary alicyclic amines) is 1. The number of carbonyl (C=O) groups is 2. The van der Waals surface area contributed by atoms with Gasteiger partial charge in [0.25, 0.3) is 11.6 Å². The number of nitro benzene ring substituents is 1. The zero-order valence-electron chi connectivity index (χ0n) is 15.6. The number of rotatable bonds is 7. The van der Waals surface area contributed by atoms with Crippen LogP contribution in [-0.2, 0) is 27.5 Å². The van der Waals surface area contributed by atoms with Crippen LogP contribution in [0.1, 0.15) is 18.1 Å². The molecule has 0 spiro atoms. The predicted molar refractivity (Wildman–Crippen MR) is 98.4 cm³/mol. The summed E-state index contributed by atoms with van der Waals surface area (Å²) in [5.41, 5.74) is 0.445. The molecule has 154 valence electrons. The Labute approximate surface area is 169 Å². The molecule has 2 aromatic heterocycles. The Balaban J connectivity index is 1.31. The monoisotopic (exact) mass is 412 g/mol. The van der Waals surface area contributed by atoms with Crippen LogP contribution in [0.4, 0.5) is 5.69 Å². The van der Waals surface area contributed by atoms with E-state index in [-0.39, 0.29) is 42.9 Å². The van der Waals surface area contributed by atoms with Crippen LogP contribution in [0.25, 0.3) is 11.5 Å². The van der Waals surface area contributed by atoms with Gasteiger partial charge >= 0.3 is 5.97 Å². The van der Waals surface area contributed by atoms with E-state index in [2.05, 4.69) is 10.2 Å². The normalized spacial score (nSPS) is 16.1. The summed E-state index contributed by atoms with van der Waals surface area (Å²) in [5, 5.41) is 18.4. The van der Waals surface area contributed by atoms with Gasteiger partial charge in [-0.1, -0.05) is 0 Å².